The van der Waals surface area contributed by atoms with Crippen molar-refractivity contribution in [2.24, 2.45) is 0 Å². The van der Waals surface area contributed by atoms with Crippen molar-refractivity contribution < 1.29 is 13.6 Å². The van der Waals surface area contributed by atoms with E-state index in [1.165, 1.54) is 18.2 Å². The summed E-state index contributed by atoms with van der Waals surface area (Å²) in [7, 11) is 0. The van der Waals surface area contributed by atoms with Crippen LogP contribution in [-0.2, 0) is 6.42 Å². The van der Waals surface area contributed by atoms with Gasteiger partial charge in [0.15, 0.2) is 0 Å². The van der Waals surface area contributed by atoms with E-state index in [4.69, 9.17) is 16.0 Å². The van der Waals surface area contributed by atoms with Gasteiger partial charge in [0, 0.05) is 17.0 Å². The molecule has 2 aromatic rings. The molecule has 1 heterocycles. The summed E-state index contributed by atoms with van der Waals surface area (Å²) in [6.45, 7) is 0. The summed E-state index contributed by atoms with van der Waals surface area (Å²) in [5.41, 5.74) is 0.945. The third kappa shape index (κ3) is 2.43. The first-order valence-corrected chi connectivity index (χ1v) is 6.85. The summed E-state index contributed by atoms with van der Waals surface area (Å²) in [6.07, 6.45) is 4.25. The van der Waals surface area contributed by atoms with E-state index in [2.05, 4.69) is 5.32 Å². The maximum Gasteiger partial charge on any atom is 0.254 e. The molecule has 1 atom stereocenters. The number of hydrogen-bond acceptors (Lipinski definition) is 2. The minimum absolute atomic E-state index is 0.0341. The van der Waals surface area contributed by atoms with Crippen LogP contribution in [0.5, 0.6) is 0 Å². The second kappa shape index (κ2) is 5.29. The Morgan fingerprint density at radius 3 is 3.10 bits per heavy atom. The monoisotopic (exact) mass is 293 g/mol. The Labute approximate surface area is 120 Å². The van der Waals surface area contributed by atoms with Gasteiger partial charge in [0.05, 0.1) is 17.9 Å². The molecule has 0 radical (unpaired) electrons. The van der Waals surface area contributed by atoms with E-state index in [0.717, 1.165) is 30.6 Å². The van der Waals surface area contributed by atoms with E-state index in [9.17, 15) is 9.18 Å². The van der Waals surface area contributed by atoms with Gasteiger partial charge in [-0.2, -0.15) is 0 Å². The molecule has 1 aromatic carbocycles. The molecule has 5 heteroatoms. The quantitative estimate of drug-likeness (QED) is 0.913. The van der Waals surface area contributed by atoms with Crippen LogP contribution in [0.2, 0.25) is 5.02 Å². The lowest BCUT2D eigenvalue weighted by molar-refractivity contribution is 0.0928. The summed E-state index contributed by atoms with van der Waals surface area (Å²) < 4.78 is 19.0. The number of amides is 1. The molecule has 0 spiro atoms. The molecule has 1 aliphatic carbocycles. The van der Waals surface area contributed by atoms with Gasteiger partial charge in [0.2, 0.25) is 0 Å². The van der Waals surface area contributed by atoms with Crippen molar-refractivity contribution in [1.29, 1.82) is 0 Å². The molecule has 1 aliphatic rings. The number of carbonyl (C=O) groups is 1. The zero-order valence-corrected chi connectivity index (χ0v) is 11.4. The van der Waals surface area contributed by atoms with E-state index in [-0.39, 0.29) is 11.6 Å². The van der Waals surface area contributed by atoms with Crippen molar-refractivity contribution in [3.8, 4) is 0 Å². The molecule has 3 rings (SSSR count). The minimum Gasteiger partial charge on any atom is -0.469 e. The number of carbonyl (C=O) groups excluding carboxylic acids is 1. The number of nitrogens with one attached hydrogen (secondary N) is 1. The number of benzene rings is 1. The number of hydrogen-bond donors (Lipinski definition) is 1. The number of fused-ring (bicyclic) bond motifs is 1. The molecule has 0 saturated heterocycles. The van der Waals surface area contributed by atoms with Crippen molar-refractivity contribution in [2.75, 3.05) is 0 Å². The van der Waals surface area contributed by atoms with Gasteiger partial charge in [0.25, 0.3) is 5.91 Å². The second-order valence-corrected chi connectivity index (χ2v) is 5.28. The van der Waals surface area contributed by atoms with E-state index in [1.54, 1.807) is 6.26 Å². The summed E-state index contributed by atoms with van der Waals surface area (Å²) in [4.78, 5) is 12.2. The molecule has 0 bridgehead atoms. The first-order chi connectivity index (χ1) is 9.65. The molecule has 0 saturated carbocycles. The maximum atomic E-state index is 13.7. The van der Waals surface area contributed by atoms with Gasteiger partial charge < -0.3 is 9.73 Å². The van der Waals surface area contributed by atoms with Gasteiger partial charge in [-0.05, 0) is 37.1 Å². The molecule has 20 heavy (non-hydrogen) atoms. The van der Waals surface area contributed by atoms with Gasteiger partial charge in [-0.3, -0.25) is 4.79 Å². The Kier molecular flexibility index (Phi) is 3.49. The molecule has 3 nitrogen and oxygen atoms in total. The van der Waals surface area contributed by atoms with Crippen molar-refractivity contribution >= 4 is 17.5 Å². The fraction of sp³-hybridized carbons (Fsp3) is 0.267. The van der Waals surface area contributed by atoms with Crippen LogP contribution in [0.25, 0.3) is 0 Å². The van der Waals surface area contributed by atoms with Crippen molar-refractivity contribution in [2.45, 2.75) is 25.3 Å². The van der Waals surface area contributed by atoms with Crippen LogP contribution in [-0.4, -0.2) is 5.91 Å². The second-order valence-electron chi connectivity index (χ2n) is 4.84. The molecular formula is C15H13ClFNO2. The van der Waals surface area contributed by atoms with Crippen LogP contribution in [0.15, 0.2) is 34.9 Å². The number of furan rings is 1. The van der Waals surface area contributed by atoms with Crippen LogP contribution < -0.4 is 5.32 Å². The number of rotatable bonds is 2. The average Bonchev–Trinajstić information content (AvgIpc) is 2.91. The van der Waals surface area contributed by atoms with Gasteiger partial charge in [0.1, 0.15) is 11.6 Å². The highest BCUT2D eigenvalue weighted by Crippen LogP contribution is 2.30. The van der Waals surface area contributed by atoms with Crippen molar-refractivity contribution in [3.63, 3.8) is 0 Å². The highest BCUT2D eigenvalue weighted by Gasteiger charge is 2.25. The third-order valence-electron chi connectivity index (χ3n) is 3.53. The molecule has 1 N–H and O–H groups in total. The number of halogens is 2. The topological polar surface area (TPSA) is 42.2 Å². The zero-order chi connectivity index (χ0) is 14.1. The summed E-state index contributed by atoms with van der Waals surface area (Å²) in [6, 6.07) is 5.67. The summed E-state index contributed by atoms with van der Waals surface area (Å²) in [5.74, 6) is -0.132. The largest absolute Gasteiger partial charge is 0.469 e. The van der Waals surface area contributed by atoms with Gasteiger partial charge >= 0.3 is 0 Å². The van der Waals surface area contributed by atoms with E-state index < -0.39 is 11.7 Å². The summed E-state index contributed by atoms with van der Waals surface area (Å²) in [5, 5.41) is 3.19. The predicted molar refractivity (Wildman–Crippen MR) is 73.3 cm³/mol. The van der Waals surface area contributed by atoms with Crippen LogP contribution in [0.1, 0.15) is 40.6 Å². The maximum absolute atomic E-state index is 13.7. The Hall–Kier alpha value is -1.81. The molecule has 1 aromatic heterocycles. The Bertz CT molecular complexity index is 653. The summed E-state index contributed by atoms with van der Waals surface area (Å²) >= 11 is 5.81. The van der Waals surface area contributed by atoms with Crippen LogP contribution in [0.4, 0.5) is 4.39 Å². The fourth-order valence-electron chi connectivity index (χ4n) is 2.54. The molecule has 1 unspecified atom stereocenters. The molecule has 0 aliphatic heterocycles. The molecule has 104 valence electrons. The van der Waals surface area contributed by atoms with E-state index in [0.29, 0.717) is 5.02 Å². The lowest BCUT2D eigenvalue weighted by Crippen LogP contribution is -2.31. The fourth-order valence-corrected chi connectivity index (χ4v) is 2.72. The molecular weight excluding hydrogens is 281 g/mol. The van der Waals surface area contributed by atoms with Crippen LogP contribution >= 0.6 is 11.6 Å². The highest BCUT2D eigenvalue weighted by molar-refractivity contribution is 6.31. The first-order valence-electron chi connectivity index (χ1n) is 6.47. The van der Waals surface area contributed by atoms with Crippen LogP contribution in [0, 0.1) is 5.82 Å². The first kappa shape index (κ1) is 13.2. The average molecular weight is 294 g/mol. The lowest BCUT2D eigenvalue weighted by Gasteiger charge is -2.22. The van der Waals surface area contributed by atoms with Crippen molar-refractivity contribution in [3.05, 3.63) is 58.3 Å². The highest BCUT2D eigenvalue weighted by atomic mass is 35.5. The Morgan fingerprint density at radius 1 is 1.40 bits per heavy atom. The number of aryl methyl sites for hydroxylation is 1. The molecule has 1 amide bonds. The predicted octanol–water partition coefficient (Wildman–Crippen LogP) is 3.88. The lowest BCUT2D eigenvalue weighted by atomic mass is 9.93. The van der Waals surface area contributed by atoms with Gasteiger partial charge in [-0.15, -0.1) is 0 Å². The molecule has 0 fully saturated rings. The van der Waals surface area contributed by atoms with Crippen LogP contribution in [0.3, 0.4) is 0 Å². The van der Waals surface area contributed by atoms with Crippen molar-refractivity contribution in [1.82, 2.24) is 5.32 Å². The van der Waals surface area contributed by atoms with E-state index in [1.807, 2.05) is 6.07 Å². The Morgan fingerprint density at radius 2 is 2.25 bits per heavy atom. The van der Waals surface area contributed by atoms with E-state index >= 15 is 0 Å². The van der Waals surface area contributed by atoms with Gasteiger partial charge in [-0.25, -0.2) is 4.39 Å². The third-order valence-corrected chi connectivity index (χ3v) is 3.77. The normalized spacial score (nSPS) is 17.6. The zero-order valence-electron chi connectivity index (χ0n) is 10.7. The minimum atomic E-state index is -0.574. The SMILES string of the molecule is O=C(NC1CCCc2occc21)c1cc(Cl)ccc1F. The Balaban J connectivity index is 1.82. The van der Waals surface area contributed by atoms with Gasteiger partial charge in [-0.1, -0.05) is 11.6 Å². The standard InChI is InChI=1S/C15H13ClFNO2/c16-9-4-5-12(17)11(8-9)15(19)18-13-2-1-3-14-10(13)6-7-20-14/h4-8,13H,1-3H2,(H,18,19). The smallest absolute Gasteiger partial charge is 0.254 e.